The van der Waals surface area contributed by atoms with Crippen molar-refractivity contribution in [3.63, 3.8) is 0 Å². The number of fused-ring (bicyclic) bond motifs is 1. The minimum Gasteiger partial charge on any atom is -0.497 e. The zero-order chi connectivity index (χ0) is 26.6. The molecule has 37 heavy (non-hydrogen) atoms. The van der Waals surface area contributed by atoms with Crippen LogP contribution in [0.3, 0.4) is 0 Å². The van der Waals surface area contributed by atoms with E-state index in [-0.39, 0.29) is 11.1 Å². The smallest absolute Gasteiger partial charge is 0.282 e. The molecule has 2 aliphatic heterocycles. The van der Waals surface area contributed by atoms with Crippen LogP contribution in [0, 0.1) is 17.0 Å². The summed E-state index contributed by atoms with van der Waals surface area (Å²) in [6.07, 6.45) is 0. The molecule has 2 atom stereocenters. The molecule has 1 saturated heterocycles. The Bertz CT molecular complexity index is 1510. The van der Waals surface area contributed by atoms with Gasteiger partial charge in [0.25, 0.3) is 23.4 Å². The number of ether oxygens (including phenoxy) is 2. The highest BCUT2D eigenvalue weighted by Gasteiger charge is 2.59. The van der Waals surface area contributed by atoms with Crippen LogP contribution in [-0.4, -0.2) is 47.8 Å². The number of imide groups is 1. The zero-order valence-corrected chi connectivity index (χ0v) is 20.7. The van der Waals surface area contributed by atoms with Crippen LogP contribution >= 0.6 is 11.6 Å². The molecule has 3 aromatic rings. The van der Waals surface area contributed by atoms with Gasteiger partial charge in [0.2, 0.25) is 0 Å². The van der Waals surface area contributed by atoms with Crippen molar-refractivity contribution in [2.45, 2.75) is 19.0 Å². The van der Waals surface area contributed by atoms with Crippen molar-refractivity contribution in [2.24, 2.45) is 0 Å². The number of rotatable bonds is 6. The fourth-order valence-electron chi connectivity index (χ4n) is 4.91. The molecule has 0 bridgehead atoms. The average Bonchev–Trinajstić information content (AvgIpc) is 3.13. The molecule has 5 rings (SSSR count). The van der Waals surface area contributed by atoms with Gasteiger partial charge in [-0.05, 0) is 48.9 Å². The first-order chi connectivity index (χ1) is 17.7. The third-order valence-electron chi connectivity index (χ3n) is 6.65. The van der Waals surface area contributed by atoms with Gasteiger partial charge in [0.1, 0.15) is 23.1 Å². The molecule has 0 radical (unpaired) electrons. The largest absolute Gasteiger partial charge is 0.497 e. The number of anilines is 1. The quantitative estimate of drug-likeness (QED) is 0.205. The van der Waals surface area contributed by atoms with Gasteiger partial charge < -0.3 is 9.47 Å². The number of aryl methyl sites for hydroxylation is 1. The number of nitro benzene ring substituents is 1. The summed E-state index contributed by atoms with van der Waals surface area (Å²) in [4.78, 5) is 53.8. The first-order valence-electron chi connectivity index (χ1n) is 11.2. The zero-order valence-electron chi connectivity index (χ0n) is 19.9. The number of nitro groups is 1. The second-order valence-corrected chi connectivity index (χ2v) is 9.01. The van der Waals surface area contributed by atoms with Gasteiger partial charge in [0.15, 0.2) is 0 Å². The third kappa shape index (κ3) is 3.60. The van der Waals surface area contributed by atoms with Crippen LogP contribution in [0.4, 0.5) is 11.4 Å². The standard InChI is InChI=1S/C26H20ClN3O7/c1-13-7-8-14(27)11-19(13)28-22(17-12-15(36-2)9-10-20(17)37-3)23(26(28)33)29-24(31)16-5-4-6-18(30(34)35)21(16)25(29)32/h4-12,22-23H,1-3H3. The van der Waals surface area contributed by atoms with E-state index in [1.54, 1.807) is 43.3 Å². The lowest BCUT2D eigenvalue weighted by Crippen LogP contribution is -2.67. The molecule has 10 nitrogen and oxygen atoms in total. The Labute approximate surface area is 216 Å². The maximum atomic E-state index is 13.7. The highest BCUT2D eigenvalue weighted by Crippen LogP contribution is 2.49. The molecule has 3 amide bonds. The summed E-state index contributed by atoms with van der Waals surface area (Å²) >= 11 is 6.24. The average molecular weight is 522 g/mol. The summed E-state index contributed by atoms with van der Waals surface area (Å²) < 4.78 is 10.9. The molecule has 188 valence electrons. The van der Waals surface area contributed by atoms with Crippen molar-refractivity contribution in [2.75, 3.05) is 19.1 Å². The number of hydrogen-bond donors (Lipinski definition) is 0. The van der Waals surface area contributed by atoms with Crippen molar-refractivity contribution < 1.29 is 28.8 Å². The summed E-state index contributed by atoms with van der Waals surface area (Å²) in [5.74, 6) is -1.36. The summed E-state index contributed by atoms with van der Waals surface area (Å²) in [6.45, 7) is 1.80. The molecule has 3 aromatic carbocycles. The molecule has 0 aliphatic carbocycles. The van der Waals surface area contributed by atoms with E-state index in [0.717, 1.165) is 16.5 Å². The number of methoxy groups -OCH3 is 2. The molecule has 0 aromatic heterocycles. The van der Waals surface area contributed by atoms with E-state index in [4.69, 9.17) is 21.1 Å². The number of benzene rings is 3. The number of carbonyl (C=O) groups is 3. The Hall–Kier alpha value is -4.44. The molecule has 2 unspecified atom stereocenters. The van der Waals surface area contributed by atoms with E-state index < -0.39 is 40.4 Å². The maximum absolute atomic E-state index is 13.7. The second kappa shape index (κ2) is 8.90. The van der Waals surface area contributed by atoms with E-state index in [1.807, 2.05) is 0 Å². The topological polar surface area (TPSA) is 119 Å². The Kier molecular flexibility index (Phi) is 5.83. The molecule has 0 spiro atoms. The van der Waals surface area contributed by atoms with Gasteiger partial charge in [-0.15, -0.1) is 0 Å². The van der Waals surface area contributed by atoms with Crippen molar-refractivity contribution in [1.29, 1.82) is 0 Å². The summed E-state index contributed by atoms with van der Waals surface area (Å²) in [7, 11) is 2.94. The van der Waals surface area contributed by atoms with Gasteiger partial charge in [0.05, 0.1) is 30.7 Å². The van der Waals surface area contributed by atoms with E-state index in [2.05, 4.69) is 0 Å². The Morgan fingerprint density at radius 1 is 0.919 bits per heavy atom. The van der Waals surface area contributed by atoms with Gasteiger partial charge >= 0.3 is 0 Å². The summed E-state index contributed by atoms with van der Waals surface area (Å²) in [6, 6.07) is 11.7. The summed E-state index contributed by atoms with van der Waals surface area (Å²) in [5.41, 5.74) is 0.757. The fourth-order valence-corrected chi connectivity index (χ4v) is 5.07. The number of nitrogens with zero attached hydrogens (tertiary/aromatic N) is 3. The number of hydrogen-bond acceptors (Lipinski definition) is 7. The van der Waals surface area contributed by atoms with Crippen LogP contribution in [0.15, 0.2) is 54.6 Å². The Morgan fingerprint density at radius 3 is 2.35 bits per heavy atom. The Balaban J connectivity index is 1.69. The molecule has 11 heteroatoms. The van der Waals surface area contributed by atoms with Crippen molar-refractivity contribution in [3.05, 3.63) is 92.0 Å². The SMILES string of the molecule is COc1ccc(OC)c(C2C(N3C(=O)c4cccc([N+](=O)[O-])c4C3=O)C(=O)N2c2cc(Cl)ccc2C)c1. The first-order valence-corrected chi connectivity index (χ1v) is 11.5. The predicted octanol–water partition coefficient (Wildman–Crippen LogP) is 4.33. The monoisotopic (exact) mass is 521 g/mol. The van der Waals surface area contributed by atoms with Crippen molar-refractivity contribution in [3.8, 4) is 11.5 Å². The van der Waals surface area contributed by atoms with E-state index in [9.17, 15) is 24.5 Å². The van der Waals surface area contributed by atoms with Crippen LogP contribution in [0.1, 0.15) is 37.9 Å². The lowest BCUT2D eigenvalue weighted by atomic mass is 9.85. The maximum Gasteiger partial charge on any atom is 0.282 e. The van der Waals surface area contributed by atoms with Crippen LogP contribution in [0.25, 0.3) is 0 Å². The number of amides is 3. The molecule has 0 saturated carbocycles. The van der Waals surface area contributed by atoms with Gasteiger partial charge in [-0.25, -0.2) is 0 Å². The van der Waals surface area contributed by atoms with Gasteiger partial charge in [-0.2, -0.15) is 0 Å². The minimum absolute atomic E-state index is 0.124. The van der Waals surface area contributed by atoms with Crippen molar-refractivity contribution >= 4 is 40.7 Å². The van der Waals surface area contributed by atoms with Crippen LogP contribution in [0.2, 0.25) is 5.02 Å². The number of halogens is 1. The first kappa shape index (κ1) is 24.3. The van der Waals surface area contributed by atoms with E-state index in [1.165, 1.54) is 31.3 Å². The molecule has 2 heterocycles. The van der Waals surface area contributed by atoms with Crippen LogP contribution < -0.4 is 14.4 Å². The van der Waals surface area contributed by atoms with Gasteiger partial charge in [-0.1, -0.05) is 23.7 Å². The number of carbonyl (C=O) groups excluding carboxylic acids is 3. The van der Waals surface area contributed by atoms with E-state index >= 15 is 0 Å². The van der Waals surface area contributed by atoms with Crippen LogP contribution in [-0.2, 0) is 4.79 Å². The predicted molar refractivity (Wildman–Crippen MR) is 133 cm³/mol. The minimum atomic E-state index is -1.29. The lowest BCUT2D eigenvalue weighted by molar-refractivity contribution is -0.385. The molecule has 0 N–H and O–H groups in total. The Morgan fingerprint density at radius 2 is 1.68 bits per heavy atom. The normalized spacial score (nSPS) is 18.5. The molecule has 2 aliphatic rings. The van der Waals surface area contributed by atoms with Crippen molar-refractivity contribution in [1.82, 2.24) is 4.90 Å². The van der Waals surface area contributed by atoms with Gasteiger partial charge in [0, 0.05) is 22.3 Å². The van der Waals surface area contributed by atoms with Gasteiger partial charge in [-0.3, -0.25) is 34.3 Å². The summed E-state index contributed by atoms with van der Waals surface area (Å²) in [5, 5.41) is 12.0. The second-order valence-electron chi connectivity index (χ2n) is 8.57. The molecule has 1 fully saturated rings. The lowest BCUT2D eigenvalue weighted by Gasteiger charge is -2.50. The molecular formula is C26H20ClN3O7. The van der Waals surface area contributed by atoms with E-state index in [0.29, 0.717) is 27.8 Å². The third-order valence-corrected chi connectivity index (χ3v) is 6.89. The fraction of sp³-hybridized carbons (Fsp3) is 0.192. The van der Waals surface area contributed by atoms with Crippen LogP contribution in [0.5, 0.6) is 11.5 Å². The highest BCUT2D eigenvalue weighted by molar-refractivity contribution is 6.31. The number of β-lactam (4-membered cyclic amide) rings is 1. The highest BCUT2D eigenvalue weighted by atomic mass is 35.5. The molecular weight excluding hydrogens is 502 g/mol.